The number of nitrogens with one attached hydrogen (secondary N) is 1. The number of carbonyl (C=O) groups is 1. The van der Waals surface area contributed by atoms with Crippen LogP contribution in [0.1, 0.15) is 25.3 Å². The summed E-state index contributed by atoms with van der Waals surface area (Å²) in [5, 5.41) is 13.5. The minimum atomic E-state index is 0.00934. The number of aliphatic imine (C=N–C) groups is 1. The van der Waals surface area contributed by atoms with Crippen LogP contribution in [-0.4, -0.2) is 72.6 Å². The highest BCUT2D eigenvalue weighted by molar-refractivity contribution is 6.30. The molecule has 148 valence electrons. The third kappa shape index (κ3) is 5.36. The number of aliphatic hydroxyl groups excluding tert-OH is 1. The van der Waals surface area contributed by atoms with E-state index in [0.29, 0.717) is 31.1 Å². The number of carbonyl (C=O) groups excluding carboxylic acids is 1. The van der Waals surface area contributed by atoms with E-state index in [2.05, 4.69) is 17.1 Å². The number of amides is 1. The summed E-state index contributed by atoms with van der Waals surface area (Å²) in [4.78, 5) is 21.4. The fourth-order valence-corrected chi connectivity index (χ4v) is 3.53. The number of hydrogen-bond acceptors (Lipinski definition) is 3. The van der Waals surface area contributed by atoms with Crippen LogP contribution in [0.4, 0.5) is 0 Å². The van der Waals surface area contributed by atoms with Crippen molar-refractivity contribution in [2.75, 3.05) is 45.9 Å². The van der Waals surface area contributed by atoms with E-state index in [4.69, 9.17) is 16.6 Å². The number of benzene rings is 1. The van der Waals surface area contributed by atoms with Gasteiger partial charge >= 0.3 is 0 Å². The Morgan fingerprint density at radius 1 is 1.26 bits per heavy atom. The first-order valence-corrected chi connectivity index (χ1v) is 10.1. The van der Waals surface area contributed by atoms with Gasteiger partial charge in [0.15, 0.2) is 5.96 Å². The van der Waals surface area contributed by atoms with Gasteiger partial charge in [-0.25, -0.2) is 0 Å². The maximum absolute atomic E-state index is 12.6. The first-order valence-electron chi connectivity index (χ1n) is 9.71. The zero-order valence-electron chi connectivity index (χ0n) is 16.0. The van der Waals surface area contributed by atoms with Crippen molar-refractivity contribution < 1.29 is 9.90 Å². The van der Waals surface area contributed by atoms with E-state index in [1.165, 1.54) is 0 Å². The topological polar surface area (TPSA) is 68.2 Å². The first kappa shape index (κ1) is 20.0. The largest absolute Gasteiger partial charge is 0.396 e. The molecule has 0 unspecified atom stereocenters. The third-order valence-electron chi connectivity index (χ3n) is 5.37. The van der Waals surface area contributed by atoms with Crippen molar-refractivity contribution >= 4 is 23.5 Å². The molecule has 1 saturated carbocycles. The Hall–Kier alpha value is -1.79. The van der Waals surface area contributed by atoms with Gasteiger partial charge in [-0.1, -0.05) is 23.7 Å². The Balaban J connectivity index is 1.53. The van der Waals surface area contributed by atoms with Crippen molar-refractivity contribution in [3.8, 4) is 0 Å². The lowest BCUT2D eigenvalue weighted by molar-refractivity contribution is -0.131. The molecule has 1 amide bonds. The van der Waals surface area contributed by atoms with Crippen LogP contribution in [0.2, 0.25) is 5.02 Å². The Bertz CT molecular complexity index is 682. The summed E-state index contributed by atoms with van der Waals surface area (Å²) in [7, 11) is 0. The van der Waals surface area contributed by atoms with Crippen LogP contribution >= 0.6 is 11.6 Å². The molecule has 6 nitrogen and oxygen atoms in total. The Morgan fingerprint density at radius 2 is 1.96 bits per heavy atom. The molecule has 2 N–H and O–H groups in total. The summed E-state index contributed by atoms with van der Waals surface area (Å²) in [5.74, 6) is 1.02. The van der Waals surface area contributed by atoms with Gasteiger partial charge in [-0.15, -0.1) is 0 Å². The van der Waals surface area contributed by atoms with Crippen LogP contribution in [0.25, 0.3) is 0 Å². The number of aliphatic hydroxyl groups is 1. The molecule has 7 heteroatoms. The van der Waals surface area contributed by atoms with Crippen molar-refractivity contribution in [2.24, 2.45) is 10.4 Å². The fourth-order valence-electron chi connectivity index (χ4n) is 3.31. The molecule has 0 aromatic heterocycles. The molecule has 2 fully saturated rings. The van der Waals surface area contributed by atoms with E-state index in [0.717, 1.165) is 44.0 Å². The number of hydrogen-bond donors (Lipinski definition) is 2. The predicted molar refractivity (Wildman–Crippen MR) is 108 cm³/mol. The molecule has 1 aromatic carbocycles. The summed E-state index contributed by atoms with van der Waals surface area (Å²) in [5.41, 5.74) is 0.957. The Labute approximate surface area is 166 Å². The number of piperazine rings is 1. The molecule has 1 heterocycles. The zero-order valence-corrected chi connectivity index (χ0v) is 16.7. The molecular formula is C20H29ClN4O2. The van der Waals surface area contributed by atoms with E-state index in [-0.39, 0.29) is 17.9 Å². The van der Waals surface area contributed by atoms with Crippen LogP contribution in [0.3, 0.4) is 0 Å². The van der Waals surface area contributed by atoms with Crippen molar-refractivity contribution in [3.05, 3.63) is 34.9 Å². The van der Waals surface area contributed by atoms with Gasteiger partial charge in [0.25, 0.3) is 0 Å². The van der Waals surface area contributed by atoms with Crippen LogP contribution in [0, 0.1) is 5.41 Å². The average Bonchev–Trinajstić information content (AvgIpc) is 3.46. The number of guanidine groups is 1. The third-order valence-corrected chi connectivity index (χ3v) is 5.60. The summed E-state index contributed by atoms with van der Waals surface area (Å²) >= 11 is 6.01. The summed E-state index contributed by atoms with van der Waals surface area (Å²) < 4.78 is 0. The van der Waals surface area contributed by atoms with Gasteiger partial charge < -0.3 is 20.2 Å². The Kier molecular flexibility index (Phi) is 6.60. The molecule has 27 heavy (non-hydrogen) atoms. The quantitative estimate of drug-likeness (QED) is 0.572. The molecule has 1 aliphatic heterocycles. The van der Waals surface area contributed by atoms with Gasteiger partial charge in [-0.2, -0.15) is 0 Å². The molecule has 1 aliphatic carbocycles. The van der Waals surface area contributed by atoms with Gasteiger partial charge in [-0.05, 0) is 37.5 Å². The minimum Gasteiger partial charge on any atom is -0.396 e. The molecule has 1 aromatic rings. The number of halogens is 1. The second-order valence-electron chi connectivity index (χ2n) is 7.50. The highest BCUT2D eigenvalue weighted by atomic mass is 35.5. The second kappa shape index (κ2) is 8.93. The van der Waals surface area contributed by atoms with E-state index in [1.807, 2.05) is 29.2 Å². The van der Waals surface area contributed by atoms with Gasteiger partial charge in [0.1, 0.15) is 0 Å². The van der Waals surface area contributed by atoms with E-state index < -0.39 is 0 Å². The molecule has 0 bridgehead atoms. The van der Waals surface area contributed by atoms with Crippen LogP contribution in [-0.2, 0) is 11.2 Å². The van der Waals surface area contributed by atoms with Crippen molar-refractivity contribution in [1.82, 2.24) is 15.1 Å². The van der Waals surface area contributed by atoms with Crippen molar-refractivity contribution in [2.45, 2.75) is 26.2 Å². The minimum absolute atomic E-state index is 0.00934. The molecular weight excluding hydrogens is 364 g/mol. The zero-order chi connectivity index (χ0) is 19.3. The lowest BCUT2D eigenvalue weighted by Gasteiger charge is -2.36. The maximum Gasteiger partial charge on any atom is 0.227 e. The normalized spacial score (nSPS) is 19.1. The summed E-state index contributed by atoms with van der Waals surface area (Å²) in [6, 6.07) is 7.48. The molecule has 3 rings (SSSR count). The van der Waals surface area contributed by atoms with Crippen molar-refractivity contribution in [1.29, 1.82) is 0 Å². The molecule has 2 aliphatic rings. The van der Waals surface area contributed by atoms with Gasteiger partial charge in [0.05, 0.1) is 19.6 Å². The van der Waals surface area contributed by atoms with Crippen LogP contribution in [0.5, 0.6) is 0 Å². The monoisotopic (exact) mass is 392 g/mol. The highest BCUT2D eigenvalue weighted by Gasteiger charge is 2.42. The van der Waals surface area contributed by atoms with E-state index >= 15 is 0 Å². The van der Waals surface area contributed by atoms with Gasteiger partial charge in [-0.3, -0.25) is 9.79 Å². The lowest BCUT2D eigenvalue weighted by Crippen LogP contribution is -2.54. The van der Waals surface area contributed by atoms with E-state index in [1.54, 1.807) is 0 Å². The van der Waals surface area contributed by atoms with Gasteiger partial charge in [0, 0.05) is 43.2 Å². The summed E-state index contributed by atoms with van der Waals surface area (Å²) in [6.45, 7) is 6.64. The summed E-state index contributed by atoms with van der Waals surface area (Å²) in [6.07, 6.45) is 2.49. The predicted octanol–water partition coefficient (Wildman–Crippen LogP) is 1.76. The molecule has 1 saturated heterocycles. The highest BCUT2D eigenvalue weighted by Crippen LogP contribution is 2.45. The maximum atomic E-state index is 12.6. The standard InChI is InChI=1S/C20H29ClN4O2/c1-2-22-19(23-14-20(15-26)6-7-20)25-10-8-24(9-11-25)18(27)13-16-4-3-5-17(21)12-16/h3-5,12,26H,2,6-11,13-15H2,1H3,(H,22,23). The SMILES string of the molecule is CCNC(=NCC1(CO)CC1)N1CCN(C(=O)Cc2cccc(Cl)c2)CC1. The average molecular weight is 393 g/mol. The first-order chi connectivity index (χ1) is 13.0. The van der Waals surface area contributed by atoms with Gasteiger partial charge in [0.2, 0.25) is 5.91 Å². The number of rotatable bonds is 6. The second-order valence-corrected chi connectivity index (χ2v) is 7.94. The van der Waals surface area contributed by atoms with Crippen molar-refractivity contribution in [3.63, 3.8) is 0 Å². The molecule has 0 atom stereocenters. The number of nitrogens with zero attached hydrogens (tertiary/aromatic N) is 3. The Morgan fingerprint density at radius 3 is 2.56 bits per heavy atom. The van der Waals surface area contributed by atoms with E-state index in [9.17, 15) is 9.90 Å². The van der Waals surface area contributed by atoms with Crippen LogP contribution < -0.4 is 5.32 Å². The van der Waals surface area contributed by atoms with Crippen LogP contribution in [0.15, 0.2) is 29.3 Å². The fraction of sp³-hybridized carbons (Fsp3) is 0.600. The molecule has 0 spiro atoms. The smallest absolute Gasteiger partial charge is 0.227 e. The lowest BCUT2D eigenvalue weighted by atomic mass is 10.1. The molecule has 0 radical (unpaired) electrons.